The highest BCUT2D eigenvalue weighted by atomic mass is 16.6. The number of hydrogen-bond acceptors (Lipinski definition) is 9. The molecule has 2 N–H and O–H groups in total. The molecule has 0 saturated heterocycles. The third kappa shape index (κ3) is 13.0. The maximum absolute atomic E-state index is 11.9. The van der Waals surface area contributed by atoms with Crippen LogP contribution in [0.15, 0.2) is 72.8 Å². The molecule has 11 nitrogen and oxygen atoms in total. The van der Waals surface area contributed by atoms with Crippen molar-refractivity contribution in [3.8, 4) is 0 Å². The summed E-state index contributed by atoms with van der Waals surface area (Å²) in [6.45, 7) is 3.99. The Morgan fingerprint density at radius 2 is 1.05 bits per heavy atom. The van der Waals surface area contributed by atoms with Crippen LogP contribution in [0, 0.1) is 6.92 Å². The average molecular weight is 593 g/mol. The van der Waals surface area contributed by atoms with E-state index in [4.69, 9.17) is 18.9 Å². The van der Waals surface area contributed by atoms with Crippen LogP contribution in [0.2, 0.25) is 0 Å². The van der Waals surface area contributed by atoms with Crippen LogP contribution in [-0.2, 0) is 30.2 Å². The Balaban J connectivity index is 0.000000317. The number of anilines is 1. The third-order valence-corrected chi connectivity index (χ3v) is 5.61. The van der Waals surface area contributed by atoms with Crippen molar-refractivity contribution in [2.45, 2.75) is 20.3 Å². The Labute approximate surface area is 250 Å². The molecule has 3 rings (SSSR count). The fraction of sp³-hybridized carbons (Fsp3) is 0.281. The molecule has 0 aliphatic rings. The van der Waals surface area contributed by atoms with Gasteiger partial charge in [-0.15, -0.1) is 0 Å². The largest absolute Gasteiger partial charge is 0.460 e. The second-order valence-corrected chi connectivity index (χ2v) is 9.12. The average Bonchev–Trinajstić information content (AvgIpc) is 3.00. The van der Waals surface area contributed by atoms with Crippen LogP contribution < -0.4 is 10.6 Å². The highest BCUT2D eigenvalue weighted by molar-refractivity contribution is 5.92. The van der Waals surface area contributed by atoms with E-state index in [1.165, 1.54) is 21.1 Å². The van der Waals surface area contributed by atoms with Gasteiger partial charge >= 0.3 is 23.9 Å². The van der Waals surface area contributed by atoms with Crippen molar-refractivity contribution in [3.05, 3.63) is 101 Å². The quantitative estimate of drug-likeness (QED) is 0.178. The summed E-state index contributed by atoms with van der Waals surface area (Å²) in [6.07, 6.45) is 0.338. The van der Waals surface area contributed by atoms with Crippen LogP contribution in [0.5, 0.6) is 0 Å². The highest BCUT2D eigenvalue weighted by Crippen LogP contribution is 2.11. The first kappa shape index (κ1) is 34.2. The molecular formula is C32H36N2O9. The van der Waals surface area contributed by atoms with E-state index < -0.39 is 17.9 Å². The molecule has 0 aliphatic carbocycles. The van der Waals surface area contributed by atoms with E-state index >= 15 is 0 Å². The van der Waals surface area contributed by atoms with Crippen molar-refractivity contribution >= 4 is 35.4 Å². The van der Waals surface area contributed by atoms with Gasteiger partial charge in [-0.3, -0.25) is 4.79 Å². The predicted molar refractivity (Wildman–Crippen MR) is 159 cm³/mol. The highest BCUT2D eigenvalue weighted by Gasteiger charge is 2.10. The fourth-order valence-corrected chi connectivity index (χ4v) is 3.36. The summed E-state index contributed by atoms with van der Waals surface area (Å²) in [5.74, 6) is -1.31. The number of ether oxygens (including phenoxy) is 4. The van der Waals surface area contributed by atoms with Gasteiger partial charge in [0, 0.05) is 26.3 Å². The SMILES string of the molecule is CC(=O)Cc1ccc(C(=O)OCCOC(=O)c2ccc(C)cc2)cc1.CNC(=O)Nc1ccc(C(=O)OCCOC)cc1. The Morgan fingerprint density at radius 3 is 1.47 bits per heavy atom. The first-order valence-electron chi connectivity index (χ1n) is 13.4. The lowest BCUT2D eigenvalue weighted by atomic mass is 10.1. The van der Waals surface area contributed by atoms with Gasteiger partial charge in [0.1, 0.15) is 25.6 Å². The molecule has 228 valence electrons. The molecule has 0 fully saturated rings. The van der Waals surface area contributed by atoms with Crippen LogP contribution in [0.4, 0.5) is 10.5 Å². The van der Waals surface area contributed by atoms with Crippen LogP contribution >= 0.6 is 0 Å². The number of Topliss-reactive ketones (excluding diaryl/α,β-unsaturated/α-hetero) is 1. The number of benzene rings is 3. The first-order valence-corrected chi connectivity index (χ1v) is 13.4. The minimum atomic E-state index is -0.499. The van der Waals surface area contributed by atoms with Crippen molar-refractivity contribution < 1.29 is 42.9 Å². The van der Waals surface area contributed by atoms with E-state index in [-0.39, 0.29) is 31.6 Å². The van der Waals surface area contributed by atoms with Crippen LogP contribution in [-0.4, -0.2) is 70.3 Å². The number of nitrogens with one attached hydrogen (secondary N) is 2. The van der Waals surface area contributed by atoms with E-state index in [1.54, 1.807) is 60.7 Å². The van der Waals surface area contributed by atoms with Gasteiger partial charge in [0.2, 0.25) is 0 Å². The predicted octanol–water partition coefficient (Wildman–Crippen LogP) is 4.38. The molecule has 3 aromatic rings. The van der Waals surface area contributed by atoms with Crippen molar-refractivity contribution in [3.63, 3.8) is 0 Å². The molecular weight excluding hydrogens is 556 g/mol. The van der Waals surface area contributed by atoms with Gasteiger partial charge in [-0.25, -0.2) is 19.2 Å². The summed E-state index contributed by atoms with van der Waals surface area (Å²) in [6, 6.07) is 19.8. The number of methoxy groups -OCH3 is 1. The zero-order chi connectivity index (χ0) is 31.6. The Morgan fingerprint density at radius 1 is 0.628 bits per heavy atom. The maximum Gasteiger partial charge on any atom is 0.338 e. The van der Waals surface area contributed by atoms with Gasteiger partial charge in [-0.05, 0) is 67.9 Å². The van der Waals surface area contributed by atoms with Crippen LogP contribution in [0.3, 0.4) is 0 Å². The number of esters is 3. The molecule has 0 unspecified atom stereocenters. The number of hydrogen-bond donors (Lipinski definition) is 2. The topological polar surface area (TPSA) is 146 Å². The Kier molecular flexibility index (Phi) is 14.6. The minimum absolute atomic E-state index is 0.0130. The first-order chi connectivity index (χ1) is 20.6. The summed E-state index contributed by atoms with van der Waals surface area (Å²) in [5, 5.41) is 5.02. The van der Waals surface area contributed by atoms with Gasteiger partial charge in [0.05, 0.1) is 23.3 Å². The number of rotatable bonds is 12. The lowest BCUT2D eigenvalue weighted by Crippen LogP contribution is -2.24. The molecule has 3 aromatic carbocycles. The lowest BCUT2D eigenvalue weighted by Gasteiger charge is -2.07. The van der Waals surface area contributed by atoms with E-state index in [9.17, 15) is 24.0 Å². The van der Waals surface area contributed by atoms with Crippen molar-refractivity contribution in [1.29, 1.82) is 0 Å². The molecule has 43 heavy (non-hydrogen) atoms. The number of urea groups is 1. The van der Waals surface area contributed by atoms with Crippen LogP contribution in [0.25, 0.3) is 0 Å². The lowest BCUT2D eigenvalue weighted by molar-refractivity contribution is -0.116. The van der Waals surface area contributed by atoms with E-state index in [0.29, 0.717) is 35.4 Å². The minimum Gasteiger partial charge on any atom is -0.460 e. The normalized spacial score (nSPS) is 9.95. The zero-order valence-electron chi connectivity index (χ0n) is 24.6. The van der Waals surface area contributed by atoms with Crippen LogP contribution in [0.1, 0.15) is 49.1 Å². The number of aryl methyl sites for hydroxylation is 1. The van der Waals surface area contributed by atoms with Gasteiger partial charge in [-0.2, -0.15) is 0 Å². The Bertz CT molecular complexity index is 1350. The third-order valence-electron chi connectivity index (χ3n) is 5.61. The molecule has 0 radical (unpaired) electrons. The molecule has 0 bridgehead atoms. The van der Waals surface area contributed by atoms with Crippen molar-refractivity contribution in [1.82, 2.24) is 5.32 Å². The Hall–Kier alpha value is -5.03. The van der Waals surface area contributed by atoms with Crippen molar-refractivity contribution in [2.24, 2.45) is 0 Å². The van der Waals surface area contributed by atoms with Gasteiger partial charge < -0.3 is 29.6 Å². The number of carbonyl (C=O) groups excluding carboxylic acids is 5. The van der Waals surface area contributed by atoms with Crippen molar-refractivity contribution in [2.75, 3.05) is 45.9 Å². The van der Waals surface area contributed by atoms with Gasteiger partial charge in [-0.1, -0.05) is 29.8 Å². The fourth-order valence-electron chi connectivity index (χ4n) is 3.36. The number of ketones is 1. The number of carbonyl (C=O) groups is 5. The molecule has 0 aliphatic heterocycles. The van der Waals surface area contributed by atoms with Gasteiger partial charge in [0.25, 0.3) is 0 Å². The molecule has 0 heterocycles. The molecule has 11 heteroatoms. The summed E-state index contributed by atoms with van der Waals surface area (Å²) in [7, 11) is 3.06. The molecule has 0 saturated carbocycles. The smallest absolute Gasteiger partial charge is 0.338 e. The maximum atomic E-state index is 11.9. The second kappa shape index (κ2) is 18.4. The molecule has 0 atom stereocenters. The van der Waals surface area contributed by atoms with E-state index in [0.717, 1.165) is 11.1 Å². The molecule has 2 amide bonds. The standard InChI is InChI=1S/C20H20O5.C12H16N2O4/c1-14-3-7-17(8-4-14)19(22)24-11-12-25-20(23)18-9-5-16(6-10-18)13-15(2)21;1-13-12(16)14-10-5-3-9(4-6-10)11(15)18-8-7-17-2/h3-10H,11-13H2,1-2H3;3-6H,7-8H2,1-2H3,(H2,13,14,16). The van der Waals surface area contributed by atoms with E-state index in [2.05, 4.69) is 10.6 Å². The zero-order valence-corrected chi connectivity index (χ0v) is 24.6. The second-order valence-electron chi connectivity index (χ2n) is 9.12. The number of amides is 2. The summed E-state index contributed by atoms with van der Waals surface area (Å²) >= 11 is 0. The molecule has 0 aromatic heterocycles. The molecule has 0 spiro atoms. The van der Waals surface area contributed by atoms with E-state index in [1.807, 2.05) is 19.1 Å². The monoisotopic (exact) mass is 592 g/mol. The summed E-state index contributed by atoms with van der Waals surface area (Å²) in [4.78, 5) is 57.3. The summed E-state index contributed by atoms with van der Waals surface area (Å²) < 4.78 is 19.9. The van der Waals surface area contributed by atoms with Gasteiger partial charge in [0.15, 0.2) is 0 Å². The summed E-state index contributed by atoms with van der Waals surface area (Å²) in [5.41, 5.74) is 3.77.